The van der Waals surface area contributed by atoms with E-state index in [1.807, 2.05) is 11.0 Å². The summed E-state index contributed by atoms with van der Waals surface area (Å²) in [6.45, 7) is 2.31. The van der Waals surface area contributed by atoms with Gasteiger partial charge in [-0.15, -0.1) is 0 Å². The normalized spacial score (nSPS) is 21.3. The topological polar surface area (TPSA) is 74.2 Å². The Bertz CT molecular complexity index is 878. The van der Waals surface area contributed by atoms with Crippen molar-refractivity contribution in [2.45, 2.75) is 25.4 Å². The van der Waals surface area contributed by atoms with Gasteiger partial charge in [0.1, 0.15) is 0 Å². The van der Waals surface area contributed by atoms with E-state index in [1.54, 1.807) is 6.07 Å². The van der Waals surface area contributed by atoms with Crippen LogP contribution in [0.5, 0.6) is 0 Å². The van der Waals surface area contributed by atoms with E-state index in [9.17, 15) is 4.79 Å². The Kier molecular flexibility index (Phi) is 3.21. The first-order valence-electron chi connectivity index (χ1n) is 8.74. The fourth-order valence-corrected chi connectivity index (χ4v) is 4.02. The highest BCUT2D eigenvalue weighted by Crippen LogP contribution is 2.53. The molecule has 0 unspecified atom stereocenters. The second kappa shape index (κ2) is 5.46. The maximum Gasteiger partial charge on any atom is 0.292 e. The Morgan fingerprint density at radius 1 is 1.36 bits per heavy atom. The summed E-state index contributed by atoms with van der Waals surface area (Å²) in [6, 6.07) is 12.4. The van der Waals surface area contributed by atoms with Crippen LogP contribution < -0.4 is 5.32 Å². The summed E-state index contributed by atoms with van der Waals surface area (Å²) in [6.07, 6.45) is 3.87. The molecule has 3 aromatic rings. The number of rotatable bonds is 4. The lowest BCUT2D eigenvalue weighted by Gasteiger charge is -2.17. The number of aromatic amines is 1. The Morgan fingerprint density at radius 3 is 3.00 bits per heavy atom. The Labute approximate surface area is 145 Å². The molecule has 1 aliphatic carbocycles. The Morgan fingerprint density at radius 2 is 2.24 bits per heavy atom. The molecule has 1 spiro atoms. The minimum Gasteiger partial charge on any atom is -0.357 e. The Balaban J connectivity index is 1.28. The van der Waals surface area contributed by atoms with Gasteiger partial charge in [0.15, 0.2) is 0 Å². The van der Waals surface area contributed by atoms with Gasteiger partial charge in [-0.05, 0) is 30.4 Å². The summed E-state index contributed by atoms with van der Waals surface area (Å²) in [4.78, 5) is 17.9. The molecule has 128 valence electrons. The highest BCUT2D eigenvalue weighted by molar-refractivity contribution is 5.91. The number of carbonyl (C=O) groups is 1. The number of nitrogens with one attached hydrogen (secondary N) is 2. The van der Waals surface area contributed by atoms with Crippen LogP contribution in [0.4, 0.5) is 0 Å². The number of hydrogen-bond acceptors (Lipinski definition) is 4. The van der Waals surface area contributed by atoms with Crippen LogP contribution in [0.15, 0.2) is 47.1 Å². The van der Waals surface area contributed by atoms with E-state index in [-0.39, 0.29) is 11.3 Å². The highest BCUT2D eigenvalue weighted by atomic mass is 16.5. The first-order valence-corrected chi connectivity index (χ1v) is 8.74. The summed E-state index contributed by atoms with van der Waals surface area (Å²) >= 11 is 0. The molecule has 0 radical (unpaired) electrons. The molecule has 1 aromatic carbocycles. The third-order valence-corrected chi connectivity index (χ3v) is 5.60. The van der Waals surface area contributed by atoms with E-state index in [1.165, 1.54) is 30.1 Å². The maximum atomic E-state index is 12.5. The number of para-hydroxylation sites is 1. The van der Waals surface area contributed by atoms with Crippen molar-refractivity contribution in [2.24, 2.45) is 5.41 Å². The minimum absolute atomic E-state index is 0.0568. The van der Waals surface area contributed by atoms with Gasteiger partial charge < -0.3 is 19.7 Å². The number of carbonyl (C=O) groups excluding carboxylic acids is 1. The van der Waals surface area contributed by atoms with Crippen LogP contribution in [-0.2, 0) is 6.54 Å². The number of benzene rings is 1. The van der Waals surface area contributed by atoms with Crippen molar-refractivity contribution in [3.05, 3.63) is 54.0 Å². The van der Waals surface area contributed by atoms with Gasteiger partial charge in [-0.1, -0.05) is 23.4 Å². The molecule has 6 nitrogen and oxygen atoms in total. The molecule has 2 aliphatic rings. The summed E-state index contributed by atoms with van der Waals surface area (Å²) in [5.74, 6) is 0.269. The lowest BCUT2D eigenvalue weighted by molar-refractivity contribution is 0.0742. The molecule has 1 amide bonds. The zero-order chi connectivity index (χ0) is 16.9. The fourth-order valence-electron chi connectivity index (χ4n) is 4.02. The zero-order valence-corrected chi connectivity index (χ0v) is 13.9. The number of nitrogens with zero attached hydrogens (tertiary/aromatic N) is 2. The third-order valence-electron chi connectivity index (χ3n) is 5.60. The van der Waals surface area contributed by atoms with Crippen LogP contribution in [0.25, 0.3) is 10.9 Å². The van der Waals surface area contributed by atoms with Crippen LogP contribution in [0.2, 0.25) is 0 Å². The van der Waals surface area contributed by atoms with Crippen molar-refractivity contribution in [3.63, 3.8) is 0 Å². The smallest absolute Gasteiger partial charge is 0.292 e. The molecule has 3 heterocycles. The molecule has 6 heteroatoms. The monoisotopic (exact) mass is 336 g/mol. The Hall–Kier alpha value is -2.60. The lowest BCUT2D eigenvalue weighted by atomic mass is 10.0. The van der Waals surface area contributed by atoms with Crippen molar-refractivity contribution < 1.29 is 9.32 Å². The molecule has 1 aliphatic heterocycles. The van der Waals surface area contributed by atoms with Gasteiger partial charge in [0, 0.05) is 48.4 Å². The van der Waals surface area contributed by atoms with Gasteiger partial charge >= 0.3 is 0 Å². The van der Waals surface area contributed by atoms with Crippen molar-refractivity contribution in [1.82, 2.24) is 20.4 Å². The fraction of sp³-hybridized carbons (Fsp3) is 0.368. The van der Waals surface area contributed by atoms with E-state index in [0.29, 0.717) is 11.8 Å². The lowest BCUT2D eigenvalue weighted by Crippen LogP contribution is -2.37. The number of fused-ring (bicyclic) bond motifs is 1. The SMILES string of the molecule is O=C(c1ccno1)N1C[C@H](NCc2cc3ccccc3[nH]2)C2(CC2)C1. The molecule has 1 saturated carbocycles. The van der Waals surface area contributed by atoms with Crippen molar-refractivity contribution in [3.8, 4) is 0 Å². The molecule has 1 saturated heterocycles. The predicted molar refractivity (Wildman–Crippen MR) is 93.0 cm³/mol. The molecule has 2 aromatic heterocycles. The van der Waals surface area contributed by atoms with Crippen molar-refractivity contribution in [1.29, 1.82) is 0 Å². The van der Waals surface area contributed by atoms with Gasteiger partial charge in [0.25, 0.3) is 5.91 Å². The van der Waals surface area contributed by atoms with Gasteiger partial charge in [-0.3, -0.25) is 4.79 Å². The van der Waals surface area contributed by atoms with Gasteiger partial charge in [-0.25, -0.2) is 0 Å². The van der Waals surface area contributed by atoms with Crippen LogP contribution in [0, 0.1) is 5.41 Å². The number of H-pyrrole nitrogens is 1. The standard InChI is InChI=1S/C19H20N4O2/c24-18(16-5-8-21-25-16)23-11-17(19(12-23)6-7-19)20-10-14-9-13-3-1-2-4-15(13)22-14/h1-5,8-9,17,20,22H,6-7,10-12H2/t17-/m0/s1. The highest BCUT2D eigenvalue weighted by Gasteiger charge is 2.56. The first-order chi connectivity index (χ1) is 12.2. The number of hydrogen-bond donors (Lipinski definition) is 2. The van der Waals surface area contributed by atoms with Gasteiger partial charge in [-0.2, -0.15) is 0 Å². The summed E-state index contributed by atoms with van der Waals surface area (Å²) < 4.78 is 5.03. The molecular weight excluding hydrogens is 316 g/mol. The summed E-state index contributed by atoms with van der Waals surface area (Å²) in [7, 11) is 0. The van der Waals surface area contributed by atoms with Gasteiger partial charge in [0.2, 0.25) is 5.76 Å². The van der Waals surface area contributed by atoms with Crippen LogP contribution in [-0.4, -0.2) is 40.1 Å². The average Bonchev–Trinajstić information content (AvgIpc) is 3.02. The number of likely N-dealkylation sites (tertiary alicyclic amines) is 1. The zero-order valence-electron chi connectivity index (χ0n) is 13.9. The quantitative estimate of drug-likeness (QED) is 0.768. The summed E-state index contributed by atoms with van der Waals surface area (Å²) in [5.41, 5.74) is 2.58. The third kappa shape index (κ3) is 2.53. The van der Waals surface area contributed by atoms with Crippen molar-refractivity contribution in [2.75, 3.05) is 13.1 Å². The van der Waals surface area contributed by atoms with Crippen molar-refractivity contribution >= 4 is 16.8 Å². The van der Waals surface area contributed by atoms with E-state index in [2.05, 4.69) is 39.7 Å². The maximum absolute atomic E-state index is 12.5. The molecular formula is C19H20N4O2. The van der Waals surface area contributed by atoms with Crippen LogP contribution in [0.3, 0.4) is 0 Å². The largest absolute Gasteiger partial charge is 0.357 e. The van der Waals surface area contributed by atoms with E-state index in [4.69, 9.17) is 4.52 Å². The van der Waals surface area contributed by atoms with Gasteiger partial charge in [0.05, 0.1) is 6.20 Å². The van der Waals surface area contributed by atoms with E-state index in [0.717, 1.165) is 25.2 Å². The number of amides is 1. The molecule has 5 rings (SSSR count). The second-order valence-corrected chi connectivity index (χ2v) is 7.24. The molecule has 0 bridgehead atoms. The molecule has 1 atom stereocenters. The molecule has 2 fully saturated rings. The first kappa shape index (κ1) is 14.7. The van der Waals surface area contributed by atoms with E-state index >= 15 is 0 Å². The van der Waals surface area contributed by atoms with Crippen LogP contribution >= 0.6 is 0 Å². The summed E-state index contributed by atoms with van der Waals surface area (Å²) in [5, 5.41) is 8.54. The van der Waals surface area contributed by atoms with E-state index < -0.39 is 0 Å². The average molecular weight is 336 g/mol. The second-order valence-electron chi connectivity index (χ2n) is 7.24. The minimum atomic E-state index is -0.0568. The molecule has 25 heavy (non-hydrogen) atoms. The molecule has 2 N–H and O–H groups in total. The number of aromatic nitrogens is 2. The predicted octanol–water partition coefficient (Wildman–Crippen LogP) is 2.55. The van der Waals surface area contributed by atoms with Crippen LogP contribution in [0.1, 0.15) is 29.1 Å².